The highest BCUT2D eigenvalue weighted by Crippen LogP contribution is 2.43. The Morgan fingerprint density at radius 2 is 1.88 bits per heavy atom. The number of hydrogen-bond acceptors (Lipinski definition) is 4. The third-order valence-corrected chi connectivity index (χ3v) is 4.88. The third-order valence-electron chi connectivity index (χ3n) is 4.47. The molecule has 3 N–H and O–H groups in total. The van der Waals surface area contributed by atoms with Crippen LogP contribution in [0.1, 0.15) is 22.6 Å². The number of benzene rings is 2. The van der Waals surface area contributed by atoms with E-state index in [1.807, 2.05) is 18.2 Å². The zero-order chi connectivity index (χ0) is 16.4. The molecule has 0 spiro atoms. The van der Waals surface area contributed by atoms with Crippen LogP contribution in [0.2, 0.25) is 5.02 Å². The van der Waals surface area contributed by atoms with Crippen LogP contribution in [-0.2, 0) is 6.42 Å². The molecule has 130 valence electrons. The first-order valence-corrected chi connectivity index (χ1v) is 8.11. The molecule has 0 aliphatic carbocycles. The summed E-state index contributed by atoms with van der Waals surface area (Å²) >= 11 is 6.29. The summed E-state index contributed by atoms with van der Waals surface area (Å²) in [6, 6.07) is 11.7. The number of phenols is 2. The lowest BCUT2D eigenvalue weighted by Gasteiger charge is -2.25. The molecule has 4 nitrogen and oxygen atoms in total. The number of halogens is 2. The van der Waals surface area contributed by atoms with Gasteiger partial charge in [-0.1, -0.05) is 41.9 Å². The van der Waals surface area contributed by atoms with Gasteiger partial charge in [-0.2, -0.15) is 0 Å². The first-order valence-electron chi connectivity index (χ1n) is 7.73. The summed E-state index contributed by atoms with van der Waals surface area (Å²) in [7, 11) is 0. The van der Waals surface area contributed by atoms with Crippen molar-refractivity contribution in [2.45, 2.75) is 12.3 Å². The molecule has 0 saturated carbocycles. The van der Waals surface area contributed by atoms with Gasteiger partial charge in [-0.25, -0.2) is 0 Å². The van der Waals surface area contributed by atoms with Gasteiger partial charge in [0, 0.05) is 25.6 Å². The fraction of sp³-hybridized carbons (Fsp3) is 0.333. The van der Waals surface area contributed by atoms with Crippen molar-refractivity contribution in [2.24, 2.45) is 0 Å². The van der Waals surface area contributed by atoms with Gasteiger partial charge in [0.2, 0.25) is 0 Å². The van der Waals surface area contributed by atoms with Crippen molar-refractivity contribution < 1.29 is 15.3 Å². The maximum absolute atomic E-state index is 9.99. The summed E-state index contributed by atoms with van der Waals surface area (Å²) in [5.74, 6) is -0.414. The number of aliphatic hydroxyl groups excluding tert-OH is 1. The van der Waals surface area contributed by atoms with Gasteiger partial charge in [-0.15, -0.1) is 12.4 Å². The van der Waals surface area contributed by atoms with E-state index in [9.17, 15) is 15.3 Å². The molecule has 0 aromatic heterocycles. The minimum absolute atomic E-state index is 0. The monoisotopic (exact) mass is 369 g/mol. The highest BCUT2D eigenvalue weighted by molar-refractivity contribution is 6.33. The van der Waals surface area contributed by atoms with E-state index in [2.05, 4.69) is 17.0 Å². The van der Waals surface area contributed by atoms with Crippen molar-refractivity contribution >= 4 is 24.0 Å². The molecule has 2 aromatic carbocycles. The second kappa shape index (κ2) is 8.08. The van der Waals surface area contributed by atoms with E-state index in [4.69, 9.17) is 11.6 Å². The van der Waals surface area contributed by atoms with Crippen LogP contribution in [-0.4, -0.2) is 46.5 Å². The van der Waals surface area contributed by atoms with Crippen LogP contribution in [0, 0.1) is 0 Å². The van der Waals surface area contributed by atoms with E-state index in [1.54, 1.807) is 6.07 Å². The van der Waals surface area contributed by atoms with Gasteiger partial charge in [-0.3, -0.25) is 4.90 Å². The van der Waals surface area contributed by atoms with Crippen LogP contribution in [0.4, 0.5) is 0 Å². The van der Waals surface area contributed by atoms with Crippen LogP contribution in [0.25, 0.3) is 0 Å². The summed E-state index contributed by atoms with van der Waals surface area (Å²) in [6.45, 7) is 2.17. The molecule has 0 saturated heterocycles. The standard InChI is InChI=1S/C18H20ClNO3.ClH/c19-17-13-6-7-20(8-9-21)11-15(12-4-2-1-3-5-12)14(13)10-16(22)18(17)23;/h1-5,10,15,21-23H,6-9,11H2;1H. The van der Waals surface area contributed by atoms with Crippen LogP contribution in [0.15, 0.2) is 36.4 Å². The van der Waals surface area contributed by atoms with Gasteiger partial charge >= 0.3 is 0 Å². The number of nitrogens with zero attached hydrogens (tertiary/aromatic N) is 1. The lowest BCUT2D eigenvalue weighted by Crippen LogP contribution is -2.31. The number of aromatic hydroxyl groups is 2. The van der Waals surface area contributed by atoms with Crippen molar-refractivity contribution in [2.75, 3.05) is 26.2 Å². The second-order valence-corrected chi connectivity index (χ2v) is 6.24. The normalized spacial score (nSPS) is 17.7. The molecular weight excluding hydrogens is 349 g/mol. The lowest BCUT2D eigenvalue weighted by atomic mass is 9.87. The molecule has 3 rings (SSSR count). The van der Waals surface area contributed by atoms with E-state index in [0.717, 1.165) is 29.8 Å². The van der Waals surface area contributed by atoms with Crippen LogP contribution in [0.5, 0.6) is 11.5 Å². The predicted molar refractivity (Wildman–Crippen MR) is 97.5 cm³/mol. The number of rotatable bonds is 3. The van der Waals surface area contributed by atoms with Crippen LogP contribution in [0.3, 0.4) is 0 Å². The number of β-amino-alcohol motifs (C(OH)–C–C–N with tert-alkyl or cyclic N) is 1. The fourth-order valence-corrected chi connectivity index (χ4v) is 3.58. The number of aliphatic hydroxyl groups is 1. The molecule has 1 heterocycles. The molecule has 1 aliphatic rings. The van der Waals surface area contributed by atoms with E-state index in [1.165, 1.54) is 0 Å². The van der Waals surface area contributed by atoms with Gasteiger partial charge in [0.05, 0.1) is 11.6 Å². The predicted octanol–water partition coefficient (Wildman–Crippen LogP) is 3.16. The zero-order valence-electron chi connectivity index (χ0n) is 13.2. The quantitative estimate of drug-likeness (QED) is 0.727. The maximum atomic E-state index is 9.99. The Hall–Kier alpha value is -1.46. The Balaban J connectivity index is 0.00000208. The summed E-state index contributed by atoms with van der Waals surface area (Å²) in [5.41, 5.74) is 2.94. The lowest BCUT2D eigenvalue weighted by molar-refractivity contribution is 0.197. The topological polar surface area (TPSA) is 63.9 Å². The molecule has 24 heavy (non-hydrogen) atoms. The molecule has 0 amide bonds. The Morgan fingerprint density at radius 3 is 2.54 bits per heavy atom. The van der Waals surface area contributed by atoms with Gasteiger partial charge in [-0.05, 0) is 29.2 Å². The van der Waals surface area contributed by atoms with Crippen molar-refractivity contribution in [3.05, 3.63) is 58.1 Å². The summed E-state index contributed by atoms with van der Waals surface area (Å²) < 4.78 is 0. The SMILES string of the molecule is Cl.OCCN1CCc2c(cc(O)c(O)c2Cl)C(c2ccccc2)C1. The van der Waals surface area contributed by atoms with Crippen LogP contribution < -0.4 is 0 Å². The number of phenolic OH excluding ortho intramolecular Hbond substituents is 2. The van der Waals surface area contributed by atoms with Gasteiger partial charge in [0.25, 0.3) is 0 Å². The molecule has 1 aliphatic heterocycles. The average Bonchev–Trinajstić information content (AvgIpc) is 2.74. The van der Waals surface area contributed by atoms with Crippen molar-refractivity contribution in [1.29, 1.82) is 0 Å². The average molecular weight is 370 g/mol. The minimum Gasteiger partial charge on any atom is -0.504 e. The molecule has 1 unspecified atom stereocenters. The van der Waals surface area contributed by atoms with E-state index < -0.39 is 0 Å². The van der Waals surface area contributed by atoms with Crippen molar-refractivity contribution in [1.82, 2.24) is 4.90 Å². The number of hydrogen-bond donors (Lipinski definition) is 3. The maximum Gasteiger partial charge on any atom is 0.176 e. The van der Waals surface area contributed by atoms with Crippen molar-refractivity contribution in [3.8, 4) is 11.5 Å². The highest BCUT2D eigenvalue weighted by atomic mass is 35.5. The smallest absolute Gasteiger partial charge is 0.176 e. The summed E-state index contributed by atoms with van der Waals surface area (Å²) in [4.78, 5) is 2.18. The Bertz CT molecular complexity index is 694. The number of fused-ring (bicyclic) bond motifs is 1. The molecule has 0 radical (unpaired) electrons. The van der Waals surface area contributed by atoms with Crippen molar-refractivity contribution in [3.63, 3.8) is 0 Å². The largest absolute Gasteiger partial charge is 0.504 e. The Kier molecular flexibility index (Phi) is 6.35. The van der Waals surface area contributed by atoms with E-state index in [-0.39, 0.29) is 41.5 Å². The van der Waals surface area contributed by atoms with Crippen LogP contribution >= 0.6 is 24.0 Å². The van der Waals surface area contributed by atoms with E-state index in [0.29, 0.717) is 13.0 Å². The van der Waals surface area contributed by atoms with Gasteiger partial charge in [0.1, 0.15) is 0 Å². The molecule has 1 atom stereocenters. The van der Waals surface area contributed by atoms with E-state index >= 15 is 0 Å². The van der Waals surface area contributed by atoms with Gasteiger partial charge < -0.3 is 15.3 Å². The first-order chi connectivity index (χ1) is 11.1. The van der Waals surface area contributed by atoms with Gasteiger partial charge in [0.15, 0.2) is 11.5 Å². The molecule has 2 aromatic rings. The molecular formula is C18H21Cl2NO3. The fourth-order valence-electron chi connectivity index (χ4n) is 3.28. The summed E-state index contributed by atoms with van der Waals surface area (Å²) in [6.07, 6.45) is 0.672. The highest BCUT2D eigenvalue weighted by Gasteiger charge is 2.28. The zero-order valence-corrected chi connectivity index (χ0v) is 14.7. The second-order valence-electron chi connectivity index (χ2n) is 5.86. The Labute approximate surface area is 152 Å². The summed E-state index contributed by atoms with van der Waals surface area (Å²) in [5, 5.41) is 29.4. The minimum atomic E-state index is -0.257. The molecule has 0 bridgehead atoms. The Morgan fingerprint density at radius 1 is 1.17 bits per heavy atom. The molecule has 0 fully saturated rings. The molecule has 6 heteroatoms. The first kappa shape index (κ1) is 18.9. The third kappa shape index (κ3) is 3.62.